The molecule has 27 heavy (non-hydrogen) atoms. The molecule has 0 radical (unpaired) electrons. The molecule has 144 valence electrons. The molecule has 0 unspecified atom stereocenters. The van der Waals surface area contributed by atoms with Crippen molar-refractivity contribution in [1.82, 2.24) is 0 Å². The molecular weight excluding hydrogens is 338 g/mol. The number of anilines is 1. The van der Waals surface area contributed by atoms with Crippen LogP contribution in [0.25, 0.3) is 6.08 Å². The molecular formula is C23H29NO3. The van der Waals surface area contributed by atoms with Crippen molar-refractivity contribution in [1.29, 1.82) is 0 Å². The summed E-state index contributed by atoms with van der Waals surface area (Å²) in [7, 11) is 1.84. The van der Waals surface area contributed by atoms with E-state index in [0.717, 1.165) is 23.2 Å². The van der Waals surface area contributed by atoms with Crippen LogP contribution in [-0.4, -0.2) is 24.0 Å². The van der Waals surface area contributed by atoms with Crippen LogP contribution in [-0.2, 0) is 12.8 Å². The Hall–Kier alpha value is -2.75. The molecule has 0 aliphatic heterocycles. The lowest BCUT2D eigenvalue weighted by Gasteiger charge is -2.19. The Bertz CT molecular complexity index is 821. The number of aryl methyl sites for hydroxylation is 2. The third-order valence-corrected chi connectivity index (χ3v) is 4.42. The standard InChI is InChI=1S/C23H29NO3/c1-6-16-14-17(7-2)23(27-15(3)4)20(22(16)26)12-13-21(25)18-8-10-19(24-5)11-9-18/h8-15,24,26H,6-7H2,1-5H3/b13-12+. The van der Waals surface area contributed by atoms with Gasteiger partial charge in [-0.05, 0) is 80.3 Å². The first-order chi connectivity index (χ1) is 12.9. The van der Waals surface area contributed by atoms with E-state index in [2.05, 4.69) is 12.2 Å². The van der Waals surface area contributed by atoms with Gasteiger partial charge in [-0.25, -0.2) is 0 Å². The lowest BCUT2D eigenvalue weighted by atomic mass is 9.98. The highest BCUT2D eigenvalue weighted by atomic mass is 16.5. The third-order valence-electron chi connectivity index (χ3n) is 4.42. The van der Waals surface area contributed by atoms with Gasteiger partial charge in [0.2, 0.25) is 0 Å². The van der Waals surface area contributed by atoms with Gasteiger partial charge in [0.05, 0.1) is 11.7 Å². The van der Waals surface area contributed by atoms with Crippen LogP contribution in [0.5, 0.6) is 11.5 Å². The van der Waals surface area contributed by atoms with Crippen molar-refractivity contribution in [3.63, 3.8) is 0 Å². The summed E-state index contributed by atoms with van der Waals surface area (Å²) in [5.74, 6) is 0.712. The zero-order valence-corrected chi connectivity index (χ0v) is 16.8. The summed E-state index contributed by atoms with van der Waals surface area (Å²) >= 11 is 0. The smallest absolute Gasteiger partial charge is 0.185 e. The second-order valence-electron chi connectivity index (χ2n) is 6.68. The lowest BCUT2D eigenvalue weighted by molar-refractivity contribution is 0.104. The number of ketones is 1. The molecule has 0 aromatic heterocycles. The van der Waals surface area contributed by atoms with Gasteiger partial charge in [-0.3, -0.25) is 4.79 Å². The number of carbonyl (C=O) groups excluding carboxylic acids is 1. The zero-order chi connectivity index (χ0) is 20.0. The second-order valence-corrected chi connectivity index (χ2v) is 6.68. The topological polar surface area (TPSA) is 58.6 Å². The predicted octanol–water partition coefficient (Wildman–Crippen LogP) is 5.24. The van der Waals surface area contributed by atoms with Crippen LogP contribution in [0.4, 0.5) is 5.69 Å². The normalized spacial score (nSPS) is 11.2. The Kier molecular flexibility index (Phi) is 7.05. The van der Waals surface area contributed by atoms with Gasteiger partial charge in [0.15, 0.2) is 5.78 Å². The fourth-order valence-corrected chi connectivity index (χ4v) is 2.92. The summed E-state index contributed by atoms with van der Waals surface area (Å²) in [5.41, 5.74) is 4.00. The first kappa shape index (κ1) is 20.6. The summed E-state index contributed by atoms with van der Waals surface area (Å²) in [6.45, 7) is 7.96. The van der Waals surface area contributed by atoms with Gasteiger partial charge < -0.3 is 15.2 Å². The van der Waals surface area contributed by atoms with Crippen LogP contribution in [0.15, 0.2) is 36.4 Å². The van der Waals surface area contributed by atoms with Gasteiger partial charge in [-0.15, -0.1) is 0 Å². The molecule has 0 aliphatic carbocycles. The van der Waals surface area contributed by atoms with E-state index in [1.807, 2.05) is 46.0 Å². The Morgan fingerprint density at radius 1 is 1.15 bits per heavy atom. The number of aromatic hydroxyl groups is 1. The minimum Gasteiger partial charge on any atom is -0.507 e. The van der Waals surface area contributed by atoms with Crippen LogP contribution in [0.2, 0.25) is 0 Å². The highest BCUT2D eigenvalue weighted by Crippen LogP contribution is 2.37. The Morgan fingerprint density at radius 2 is 1.78 bits per heavy atom. The SMILES string of the molecule is CCc1cc(CC)c(OC(C)C)c(/C=C/C(=O)c2ccc(NC)cc2)c1O. The number of phenols is 1. The first-order valence-electron chi connectivity index (χ1n) is 9.45. The van der Waals surface area contributed by atoms with E-state index in [1.54, 1.807) is 18.2 Å². The molecule has 4 nitrogen and oxygen atoms in total. The van der Waals surface area contributed by atoms with E-state index in [0.29, 0.717) is 23.3 Å². The van der Waals surface area contributed by atoms with E-state index in [4.69, 9.17) is 4.74 Å². The van der Waals surface area contributed by atoms with Crippen molar-refractivity contribution in [2.45, 2.75) is 46.6 Å². The van der Waals surface area contributed by atoms with Gasteiger partial charge in [-0.2, -0.15) is 0 Å². The van der Waals surface area contributed by atoms with Gasteiger partial charge in [-0.1, -0.05) is 13.8 Å². The average Bonchev–Trinajstić information content (AvgIpc) is 2.67. The monoisotopic (exact) mass is 367 g/mol. The molecule has 0 heterocycles. The number of phenolic OH excluding ortho intramolecular Hbond substituents is 1. The molecule has 2 N–H and O–H groups in total. The van der Waals surface area contributed by atoms with E-state index in [9.17, 15) is 9.90 Å². The number of rotatable bonds is 8. The summed E-state index contributed by atoms with van der Waals surface area (Å²) in [5, 5.41) is 13.7. The number of allylic oxidation sites excluding steroid dienone is 1. The van der Waals surface area contributed by atoms with Gasteiger partial charge in [0.1, 0.15) is 11.5 Å². The van der Waals surface area contributed by atoms with Crippen LogP contribution in [0, 0.1) is 0 Å². The fourth-order valence-electron chi connectivity index (χ4n) is 2.92. The summed E-state index contributed by atoms with van der Waals surface area (Å²) < 4.78 is 5.99. The second kappa shape index (κ2) is 9.26. The molecule has 0 amide bonds. The zero-order valence-electron chi connectivity index (χ0n) is 16.8. The molecule has 4 heteroatoms. The Labute approximate surface area is 161 Å². The van der Waals surface area contributed by atoms with Gasteiger partial charge >= 0.3 is 0 Å². The number of carbonyl (C=O) groups is 1. The lowest BCUT2D eigenvalue weighted by Crippen LogP contribution is -2.09. The van der Waals surface area contributed by atoms with Crippen molar-refractivity contribution in [3.05, 3.63) is 58.7 Å². The third kappa shape index (κ3) is 4.91. The minimum absolute atomic E-state index is 0.0286. The summed E-state index contributed by atoms with van der Waals surface area (Å²) in [6, 6.07) is 9.27. The van der Waals surface area contributed by atoms with Gasteiger partial charge in [0, 0.05) is 18.3 Å². The number of hydrogen-bond donors (Lipinski definition) is 2. The van der Waals surface area contributed by atoms with Crippen LogP contribution >= 0.6 is 0 Å². The van der Waals surface area contributed by atoms with Crippen LogP contribution in [0.3, 0.4) is 0 Å². The van der Waals surface area contributed by atoms with Crippen molar-refractivity contribution < 1.29 is 14.6 Å². The molecule has 0 fully saturated rings. The maximum Gasteiger partial charge on any atom is 0.185 e. The maximum atomic E-state index is 12.5. The molecule has 0 saturated carbocycles. The molecule has 0 spiro atoms. The molecule has 0 saturated heterocycles. The number of hydrogen-bond acceptors (Lipinski definition) is 4. The molecule has 2 rings (SSSR count). The van der Waals surface area contributed by atoms with Crippen LogP contribution in [0.1, 0.15) is 54.7 Å². The summed E-state index contributed by atoms with van der Waals surface area (Å²) in [4.78, 5) is 12.5. The number of ether oxygens (including phenoxy) is 1. The largest absolute Gasteiger partial charge is 0.507 e. The van der Waals surface area contributed by atoms with Crippen molar-refractivity contribution in [2.24, 2.45) is 0 Å². The predicted molar refractivity (Wildman–Crippen MR) is 112 cm³/mol. The number of nitrogens with one attached hydrogen (secondary N) is 1. The Balaban J connectivity index is 2.45. The van der Waals surface area contributed by atoms with Crippen molar-refractivity contribution in [3.8, 4) is 11.5 Å². The Morgan fingerprint density at radius 3 is 2.30 bits per heavy atom. The molecule has 0 atom stereocenters. The van der Waals surface area contributed by atoms with Crippen molar-refractivity contribution in [2.75, 3.05) is 12.4 Å². The van der Waals surface area contributed by atoms with E-state index >= 15 is 0 Å². The average molecular weight is 367 g/mol. The first-order valence-corrected chi connectivity index (χ1v) is 9.45. The van der Waals surface area contributed by atoms with E-state index in [-0.39, 0.29) is 17.6 Å². The van der Waals surface area contributed by atoms with E-state index in [1.165, 1.54) is 6.08 Å². The highest BCUT2D eigenvalue weighted by molar-refractivity contribution is 6.07. The van der Waals surface area contributed by atoms with E-state index < -0.39 is 0 Å². The molecule has 0 bridgehead atoms. The fraction of sp³-hybridized carbons (Fsp3) is 0.348. The molecule has 2 aromatic rings. The molecule has 2 aromatic carbocycles. The minimum atomic E-state index is -0.118. The summed E-state index contributed by atoms with van der Waals surface area (Å²) in [6.07, 6.45) is 4.63. The van der Waals surface area contributed by atoms with Crippen molar-refractivity contribution >= 4 is 17.5 Å². The van der Waals surface area contributed by atoms with Crippen LogP contribution < -0.4 is 10.1 Å². The highest BCUT2D eigenvalue weighted by Gasteiger charge is 2.17. The quantitative estimate of drug-likeness (QED) is 0.495. The number of benzene rings is 2. The van der Waals surface area contributed by atoms with Gasteiger partial charge in [0.25, 0.3) is 0 Å². The molecule has 0 aliphatic rings. The maximum absolute atomic E-state index is 12.5.